The number of carbonyl (C=O) groups excluding carboxylic acids is 1. The van der Waals surface area contributed by atoms with Crippen molar-refractivity contribution in [3.63, 3.8) is 0 Å². The monoisotopic (exact) mass is 676 g/mol. The number of carbonyl (C=O) groups is 1. The molecule has 0 aromatic heterocycles. The van der Waals surface area contributed by atoms with Gasteiger partial charge in [-0.1, -0.05) is 205 Å². The van der Waals surface area contributed by atoms with Crippen molar-refractivity contribution in [2.24, 2.45) is 0 Å². The lowest BCUT2D eigenvalue weighted by Crippen LogP contribution is -2.45. The van der Waals surface area contributed by atoms with Crippen LogP contribution >= 0.6 is 0 Å². The van der Waals surface area contributed by atoms with Crippen molar-refractivity contribution in [1.82, 2.24) is 5.32 Å². The van der Waals surface area contributed by atoms with E-state index in [1.807, 2.05) is 6.08 Å². The van der Waals surface area contributed by atoms with Gasteiger partial charge < -0.3 is 15.5 Å². The maximum absolute atomic E-state index is 12.4. The summed E-state index contributed by atoms with van der Waals surface area (Å²) >= 11 is 0. The lowest BCUT2D eigenvalue weighted by atomic mass is 10.0. The fraction of sp³-hybridized carbons (Fsp3) is 0.886. The van der Waals surface area contributed by atoms with Crippen molar-refractivity contribution in [3.05, 3.63) is 24.3 Å². The fourth-order valence-corrected chi connectivity index (χ4v) is 6.58. The molecule has 0 spiro atoms. The van der Waals surface area contributed by atoms with Crippen molar-refractivity contribution < 1.29 is 15.0 Å². The van der Waals surface area contributed by atoms with Crippen molar-refractivity contribution in [2.75, 3.05) is 6.61 Å². The van der Waals surface area contributed by atoms with Crippen LogP contribution in [0.5, 0.6) is 0 Å². The lowest BCUT2D eigenvalue weighted by Gasteiger charge is -2.20. The van der Waals surface area contributed by atoms with Gasteiger partial charge in [-0.25, -0.2) is 0 Å². The maximum atomic E-state index is 12.4. The molecule has 0 heterocycles. The predicted molar refractivity (Wildman–Crippen MR) is 212 cm³/mol. The zero-order chi connectivity index (χ0) is 35.0. The van der Waals surface area contributed by atoms with Gasteiger partial charge >= 0.3 is 0 Å². The highest BCUT2D eigenvalue weighted by molar-refractivity contribution is 5.76. The highest BCUT2D eigenvalue weighted by Crippen LogP contribution is 2.15. The third kappa shape index (κ3) is 36.2. The van der Waals surface area contributed by atoms with Gasteiger partial charge in [0.15, 0.2) is 0 Å². The first-order valence-corrected chi connectivity index (χ1v) is 21.6. The van der Waals surface area contributed by atoms with Crippen LogP contribution in [0.4, 0.5) is 0 Å². The Labute approximate surface area is 300 Å². The van der Waals surface area contributed by atoms with Gasteiger partial charge in [-0.3, -0.25) is 4.79 Å². The lowest BCUT2D eigenvalue weighted by molar-refractivity contribution is -0.123. The molecule has 0 aromatic carbocycles. The minimum absolute atomic E-state index is 0.0631. The highest BCUT2D eigenvalue weighted by Gasteiger charge is 2.17. The van der Waals surface area contributed by atoms with E-state index in [0.29, 0.717) is 6.42 Å². The summed E-state index contributed by atoms with van der Waals surface area (Å²) in [5.41, 5.74) is 0. The van der Waals surface area contributed by atoms with E-state index >= 15 is 0 Å². The molecule has 48 heavy (non-hydrogen) atoms. The van der Waals surface area contributed by atoms with Crippen molar-refractivity contribution in [2.45, 2.75) is 244 Å². The minimum atomic E-state index is -0.835. The Balaban J connectivity index is 3.52. The Kier molecular flexibility index (Phi) is 39.4. The van der Waals surface area contributed by atoms with Crippen LogP contribution in [-0.4, -0.2) is 34.9 Å². The first-order chi connectivity index (χ1) is 23.7. The summed E-state index contributed by atoms with van der Waals surface area (Å²) in [7, 11) is 0. The van der Waals surface area contributed by atoms with Crippen molar-refractivity contribution in [1.29, 1.82) is 0 Å². The number of aliphatic hydroxyl groups excluding tert-OH is 2. The van der Waals surface area contributed by atoms with Gasteiger partial charge in [-0.05, 0) is 44.9 Å². The zero-order valence-corrected chi connectivity index (χ0v) is 32.5. The van der Waals surface area contributed by atoms with E-state index in [9.17, 15) is 15.0 Å². The quantitative estimate of drug-likeness (QED) is 0.0448. The van der Waals surface area contributed by atoms with Gasteiger partial charge in [0.25, 0.3) is 0 Å². The van der Waals surface area contributed by atoms with Crippen LogP contribution in [0, 0.1) is 0 Å². The topological polar surface area (TPSA) is 69.6 Å². The third-order valence-electron chi connectivity index (χ3n) is 9.93. The molecule has 0 aliphatic heterocycles. The molecule has 0 fully saturated rings. The molecule has 4 heteroatoms. The molecule has 0 aliphatic carbocycles. The smallest absolute Gasteiger partial charge is 0.220 e. The van der Waals surface area contributed by atoms with Gasteiger partial charge in [-0.2, -0.15) is 0 Å². The summed E-state index contributed by atoms with van der Waals surface area (Å²) in [6.07, 6.45) is 51.4. The zero-order valence-electron chi connectivity index (χ0n) is 32.5. The highest BCUT2D eigenvalue weighted by atomic mass is 16.3. The van der Waals surface area contributed by atoms with E-state index in [-0.39, 0.29) is 12.5 Å². The number of rotatable bonds is 39. The molecule has 0 aliphatic rings. The van der Waals surface area contributed by atoms with Crippen molar-refractivity contribution in [3.8, 4) is 0 Å². The molecule has 0 saturated heterocycles. The van der Waals surface area contributed by atoms with Gasteiger partial charge in [0.2, 0.25) is 5.91 Å². The second-order valence-electron chi connectivity index (χ2n) is 14.8. The standard InChI is InChI=1S/C44H85NO3/c1-3-5-7-9-11-13-15-17-18-19-20-21-22-23-24-25-26-28-30-32-34-36-38-40-44(48)45-42(41-46)43(47)39-37-35-33-31-29-27-16-14-12-10-8-6-4-2/h17-18,37,39,42-43,46-47H,3-16,19-36,38,40-41H2,1-2H3,(H,45,48)/b18-17-,39-37+/t42-,43+/m0/s1. The minimum Gasteiger partial charge on any atom is -0.394 e. The Morgan fingerprint density at radius 2 is 0.792 bits per heavy atom. The molecular formula is C44H85NO3. The number of aliphatic hydroxyl groups is 2. The average molecular weight is 676 g/mol. The van der Waals surface area contributed by atoms with E-state index in [1.54, 1.807) is 6.08 Å². The van der Waals surface area contributed by atoms with E-state index in [2.05, 4.69) is 31.3 Å². The van der Waals surface area contributed by atoms with E-state index in [4.69, 9.17) is 0 Å². The van der Waals surface area contributed by atoms with Crippen molar-refractivity contribution >= 4 is 5.91 Å². The Bertz CT molecular complexity index is 691. The summed E-state index contributed by atoms with van der Waals surface area (Å²) < 4.78 is 0. The molecular weight excluding hydrogens is 590 g/mol. The van der Waals surface area contributed by atoms with Crippen LogP contribution in [0.25, 0.3) is 0 Å². The summed E-state index contributed by atoms with van der Waals surface area (Å²) in [5.74, 6) is -0.0631. The van der Waals surface area contributed by atoms with Gasteiger partial charge in [0.05, 0.1) is 18.8 Å². The summed E-state index contributed by atoms with van der Waals surface area (Å²) in [6, 6.07) is -0.618. The number of allylic oxidation sites excluding steroid dienone is 3. The molecule has 0 saturated carbocycles. The summed E-state index contributed by atoms with van der Waals surface area (Å²) in [6.45, 7) is 4.31. The molecule has 0 unspecified atom stereocenters. The first-order valence-electron chi connectivity index (χ1n) is 21.6. The van der Waals surface area contributed by atoms with Crippen LogP contribution in [0.3, 0.4) is 0 Å². The predicted octanol–water partition coefficient (Wildman–Crippen LogP) is 13.2. The second kappa shape index (κ2) is 40.3. The fourth-order valence-electron chi connectivity index (χ4n) is 6.58. The molecule has 0 rings (SSSR count). The third-order valence-corrected chi connectivity index (χ3v) is 9.93. The number of hydrogen-bond acceptors (Lipinski definition) is 3. The Morgan fingerprint density at radius 3 is 1.15 bits per heavy atom. The number of amides is 1. The normalized spacial score (nSPS) is 13.2. The van der Waals surface area contributed by atoms with Crippen LogP contribution < -0.4 is 5.32 Å². The van der Waals surface area contributed by atoms with E-state index < -0.39 is 12.1 Å². The number of unbranched alkanes of at least 4 members (excludes halogenated alkanes) is 30. The molecule has 0 bridgehead atoms. The molecule has 0 aromatic rings. The van der Waals surface area contributed by atoms with Crippen LogP contribution in [0.2, 0.25) is 0 Å². The van der Waals surface area contributed by atoms with Gasteiger partial charge in [-0.15, -0.1) is 0 Å². The second-order valence-corrected chi connectivity index (χ2v) is 14.8. The summed E-state index contributed by atoms with van der Waals surface area (Å²) in [4.78, 5) is 12.4. The largest absolute Gasteiger partial charge is 0.394 e. The summed E-state index contributed by atoms with van der Waals surface area (Å²) in [5, 5.41) is 23.0. The SMILES string of the molecule is CCCCCCCC/C=C\CCCCCCCCCCCCCCCC(=O)N[C@@H](CO)[C@H](O)/C=C/CCCCCCCCCCCCC. The average Bonchev–Trinajstić information content (AvgIpc) is 3.09. The number of nitrogens with one attached hydrogen (secondary N) is 1. The Hall–Kier alpha value is -1.13. The molecule has 3 N–H and O–H groups in total. The maximum Gasteiger partial charge on any atom is 0.220 e. The molecule has 0 radical (unpaired) electrons. The van der Waals surface area contributed by atoms with E-state index in [0.717, 1.165) is 25.7 Å². The van der Waals surface area contributed by atoms with Crippen LogP contribution in [0.1, 0.15) is 232 Å². The van der Waals surface area contributed by atoms with Gasteiger partial charge in [0, 0.05) is 6.42 Å². The first kappa shape index (κ1) is 46.9. The molecule has 284 valence electrons. The van der Waals surface area contributed by atoms with Gasteiger partial charge in [0.1, 0.15) is 0 Å². The molecule has 2 atom stereocenters. The van der Waals surface area contributed by atoms with Crippen LogP contribution in [-0.2, 0) is 4.79 Å². The number of hydrogen-bond donors (Lipinski definition) is 3. The van der Waals surface area contributed by atoms with Crippen LogP contribution in [0.15, 0.2) is 24.3 Å². The molecule has 1 amide bonds. The molecule has 4 nitrogen and oxygen atoms in total. The van der Waals surface area contributed by atoms with E-state index in [1.165, 1.54) is 186 Å². The Morgan fingerprint density at radius 1 is 0.479 bits per heavy atom.